The number of likely N-dealkylation sites (tertiary alicyclic amines) is 1. The smallest absolute Gasteiger partial charge is 0.302 e. The van der Waals surface area contributed by atoms with E-state index in [4.69, 9.17) is 4.74 Å². The Kier molecular flexibility index (Phi) is 6.14. The second kappa shape index (κ2) is 9.31. The minimum absolute atomic E-state index is 0.00123. The molecule has 38 heavy (non-hydrogen) atoms. The van der Waals surface area contributed by atoms with Gasteiger partial charge in [0.2, 0.25) is 0 Å². The van der Waals surface area contributed by atoms with Crippen LogP contribution >= 0.6 is 0 Å². The van der Waals surface area contributed by atoms with Crippen LogP contribution in [0.25, 0.3) is 11.0 Å². The number of aromatic nitrogens is 3. The van der Waals surface area contributed by atoms with Crippen LogP contribution in [0, 0.1) is 34.5 Å². The molecule has 2 heterocycles. The largest absolute Gasteiger partial charge is 0.460 e. The van der Waals surface area contributed by atoms with E-state index in [2.05, 4.69) is 45.9 Å². The van der Waals surface area contributed by atoms with Crippen molar-refractivity contribution in [2.45, 2.75) is 110 Å². The molecule has 6 heteroatoms. The highest BCUT2D eigenvalue weighted by Crippen LogP contribution is 2.68. The number of fused-ring (bicyclic) bond motifs is 6. The number of esters is 1. The average molecular weight is 519 g/mol. The molecule has 2 aromatic rings. The molecule has 5 aliphatic rings. The summed E-state index contributed by atoms with van der Waals surface area (Å²) in [4.78, 5) is 15.3. The van der Waals surface area contributed by atoms with Crippen molar-refractivity contribution in [2.24, 2.45) is 34.5 Å². The third-order valence-electron chi connectivity index (χ3n) is 12.5. The van der Waals surface area contributed by atoms with Crippen molar-refractivity contribution in [3.63, 3.8) is 0 Å². The Morgan fingerprint density at radius 3 is 2.55 bits per heavy atom. The van der Waals surface area contributed by atoms with Crippen LogP contribution in [0.1, 0.15) is 97.4 Å². The fourth-order valence-electron chi connectivity index (χ4n) is 10.6. The molecular weight excluding hydrogens is 472 g/mol. The van der Waals surface area contributed by atoms with Gasteiger partial charge in [-0.15, -0.1) is 5.10 Å². The molecule has 7 rings (SSSR count). The van der Waals surface area contributed by atoms with Crippen LogP contribution in [0.2, 0.25) is 0 Å². The van der Waals surface area contributed by atoms with Crippen molar-refractivity contribution in [3.8, 4) is 0 Å². The van der Waals surface area contributed by atoms with Crippen molar-refractivity contribution < 1.29 is 9.53 Å². The molecule has 6 nitrogen and oxygen atoms in total. The molecule has 1 aliphatic heterocycles. The van der Waals surface area contributed by atoms with Crippen LogP contribution in [0.4, 0.5) is 0 Å². The van der Waals surface area contributed by atoms with Gasteiger partial charge in [-0.2, -0.15) is 0 Å². The lowest BCUT2D eigenvalue weighted by Crippen LogP contribution is -2.56. The highest BCUT2D eigenvalue weighted by Gasteiger charge is 2.64. The number of piperidine rings is 1. The van der Waals surface area contributed by atoms with E-state index in [1.165, 1.54) is 70.9 Å². The summed E-state index contributed by atoms with van der Waals surface area (Å²) < 4.78 is 8.32. The number of benzene rings is 1. The molecule has 0 amide bonds. The van der Waals surface area contributed by atoms with E-state index in [0.717, 1.165) is 47.7 Å². The maximum absolute atomic E-state index is 12.4. The lowest BCUT2D eigenvalue weighted by molar-refractivity contribution is -0.164. The van der Waals surface area contributed by atoms with Gasteiger partial charge in [0.25, 0.3) is 0 Å². The van der Waals surface area contributed by atoms with Crippen LogP contribution in [-0.4, -0.2) is 51.1 Å². The highest BCUT2D eigenvalue weighted by atomic mass is 16.5. The van der Waals surface area contributed by atoms with Crippen molar-refractivity contribution in [1.29, 1.82) is 0 Å². The average Bonchev–Trinajstić information content (AvgIpc) is 3.47. The van der Waals surface area contributed by atoms with Gasteiger partial charge < -0.3 is 9.64 Å². The van der Waals surface area contributed by atoms with Gasteiger partial charge in [-0.3, -0.25) is 4.79 Å². The number of hydrogen-bond acceptors (Lipinski definition) is 5. The van der Waals surface area contributed by atoms with Crippen LogP contribution in [0.3, 0.4) is 0 Å². The summed E-state index contributed by atoms with van der Waals surface area (Å²) in [5, 5.41) is 9.11. The number of para-hydroxylation sites is 1. The Labute approximate surface area is 227 Å². The minimum Gasteiger partial charge on any atom is -0.460 e. The predicted molar refractivity (Wildman–Crippen MR) is 148 cm³/mol. The zero-order valence-electron chi connectivity index (χ0n) is 23.6. The van der Waals surface area contributed by atoms with Crippen LogP contribution in [-0.2, 0) is 9.53 Å². The second-order valence-corrected chi connectivity index (χ2v) is 14.1. The van der Waals surface area contributed by atoms with E-state index in [1.54, 1.807) is 6.92 Å². The number of nitrogens with zero attached hydrogens (tertiary/aromatic N) is 4. The molecule has 4 saturated carbocycles. The van der Waals surface area contributed by atoms with Gasteiger partial charge in [0.1, 0.15) is 11.6 Å². The number of carbonyl (C=O) groups excluding carboxylic acids is 1. The van der Waals surface area contributed by atoms with E-state index in [0.29, 0.717) is 11.3 Å². The molecule has 1 saturated heterocycles. The van der Waals surface area contributed by atoms with Gasteiger partial charge in [0.15, 0.2) is 0 Å². The standard InChI is InChI=1S/C32H46N4O2/c1-21(37)38-30-29(36-28-10-6-5-9-27(28)33-34-36)20-26-24-12-11-22-19-23(35-17-7-4-8-18-35)13-15-31(22,2)25(24)14-16-32(26,30)3/h5-6,9-10,22-26,29-30H,4,7-8,11-20H2,1-3H3/t22?,23-,24?,25?,26?,29-,30-,31-,32-/m0/s1. The van der Waals surface area contributed by atoms with E-state index < -0.39 is 0 Å². The first-order valence-electron chi connectivity index (χ1n) is 15.6. The molecule has 0 N–H and O–H groups in total. The SMILES string of the molecule is CC(=O)O[C@H]1[C@@H](n2nnc3ccccc32)CC2C3CCC4C[C@@H](N5CCCCC5)CC[C@]4(C)C3CC[C@@]21C. The number of rotatable bonds is 3. The Morgan fingerprint density at radius 1 is 0.947 bits per heavy atom. The van der Waals surface area contributed by atoms with Gasteiger partial charge in [-0.25, -0.2) is 4.68 Å². The summed E-state index contributed by atoms with van der Waals surface area (Å²) >= 11 is 0. The van der Waals surface area contributed by atoms with E-state index >= 15 is 0 Å². The normalized spacial score (nSPS) is 43.3. The van der Waals surface area contributed by atoms with Gasteiger partial charge in [0, 0.05) is 18.4 Å². The molecule has 1 aromatic carbocycles. The lowest BCUT2D eigenvalue weighted by atomic mass is 9.45. The van der Waals surface area contributed by atoms with E-state index in [-0.39, 0.29) is 23.5 Å². The zero-order chi connectivity index (χ0) is 26.1. The summed E-state index contributed by atoms with van der Waals surface area (Å²) in [5.41, 5.74) is 2.44. The monoisotopic (exact) mass is 518 g/mol. The van der Waals surface area contributed by atoms with Gasteiger partial charge in [-0.1, -0.05) is 37.6 Å². The van der Waals surface area contributed by atoms with E-state index in [9.17, 15) is 4.79 Å². The zero-order valence-corrected chi connectivity index (χ0v) is 23.6. The van der Waals surface area contributed by atoms with Crippen molar-refractivity contribution in [1.82, 2.24) is 19.9 Å². The first-order valence-corrected chi connectivity index (χ1v) is 15.6. The Balaban J connectivity index is 1.17. The Morgan fingerprint density at radius 2 is 1.74 bits per heavy atom. The summed E-state index contributed by atoms with van der Waals surface area (Å²) in [5.74, 6) is 2.79. The molecule has 0 bridgehead atoms. The minimum atomic E-state index is -0.167. The maximum atomic E-state index is 12.4. The molecule has 9 atom stereocenters. The fraction of sp³-hybridized carbons (Fsp3) is 0.781. The number of hydrogen-bond donors (Lipinski definition) is 0. The van der Waals surface area contributed by atoms with E-state index in [1.807, 2.05) is 12.1 Å². The quantitative estimate of drug-likeness (QED) is 0.439. The number of ether oxygens (including phenoxy) is 1. The maximum Gasteiger partial charge on any atom is 0.302 e. The van der Waals surface area contributed by atoms with Crippen molar-refractivity contribution in [2.75, 3.05) is 13.1 Å². The molecule has 0 radical (unpaired) electrons. The summed E-state index contributed by atoms with van der Waals surface area (Å²) in [6.07, 6.45) is 14.5. The molecule has 4 aliphatic carbocycles. The van der Waals surface area contributed by atoms with Crippen molar-refractivity contribution >= 4 is 17.0 Å². The van der Waals surface area contributed by atoms with Gasteiger partial charge in [-0.05, 0) is 119 Å². The third-order valence-corrected chi connectivity index (χ3v) is 12.5. The summed E-state index contributed by atoms with van der Waals surface area (Å²) in [6.45, 7) is 9.34. The first-order chi connectivity index (χ1) is 18.4. The van der Waals surface area contributed by atoms with Gasteiger partial charge >= 0.3 is 5.97 Å². The van der Waals surface area contributed by atoms with Crippen LogP contribution in [0.5, 0.6) is 0 Å². The number of carbonyl (C=O) groups is 1. The van der Waals surface area contributed by atoms with Crippen LogP contribution < -0.4 is 0 Å². The second-order valence-electron chi connectivity index (χ2n) is 14.1. The third kappa shape index (κ3) is 3.79. The lowest BCUT2D eigenvalue weighted by Gasteiger charge is -2.61. The predicted octanol–water partition coefficient (Wildman–Crippen LogP) is 6.41. The summed E-state index contributed by atoms with van der Waals surface area (Å²) in [7, 11) is 0. The summed E-state index contributed by atoms with van der Waals surface area (Å²) in [6, 6.07) is 9.10. The highest BCUT2D eigenvalue weighted by molar-refractivity contribution is 5.74. The molecular formula is C32H46N4O2. The molecule has 206 valence electrons. The Hall–Kier alpha value is -1.95. The Bertz CT molecular complexity index is 1190. The fourth-order valence-corrected chi connectivity index (χ4v) is 10.6. The molecule has 4 unspecified atom stereocenters. The molecule has 5 fully saturated rings. The molecule has 0 spiro atoms. The van der Waals surface area contributed by atoms with Crippen molar-refractivity contribution in [3.05, 3.63) is 24.3 Å². The van der Waals surface area contributed by atoms with Crippen LogP contribution in [0.15, 0.2) is 24.3 Å². The first kappa shape index (κ1) is 25.0. The molecule has 1 aromatic heterocycles. The topological polar surface area (TPSA) is 60.3 Å². The van der Waals surface area contributed by atoms with Gasteiger partial charge in [0.05, 0.1) is 11.6 Å².